The van der Waals surface area contributed by atoms with Crippen molar-refractivity contribution < 1.29 is 9.53 Å². The number of carbonyl (C=O) groups is 1. The first kappa shape index (κ1) is 15.4. The van der Waals surface area contributed by atoms with Gasteiger partial charge in [0.25, 0.3) is 0 Å². The highest BCUT2D eigenvalue weighted by atomic mass is 35.5. The number of hydrogen-bond donors (Lipinski definition) is 1. The number of hydrogen-bond acceptors (Lipinski definition) is 3. The highest BCUT2D eigenvalue weighted by molar-refractivity contribution is 6.30. The first-order valence-electron chi connectivity index (χ1n) is 6.83. The number of ether oxygens (including phenoxy) is 1. The number of esters is 1. The van der Waals surface area contributed by atoms with E-state index >= 15 is 0 Å². The van der Waals surface area contributed by atoms with Crippen molar-refractivity contribution in [3.8, 4) is 0 Å². The number of aryl methyl sites for hydroxylation is 1. The second kappa shape index (κ2) is 7.14. The first-order valence-corrected chi connectivity index (χ1v) is 7.21. The van der Waals surface area contributed by atoms with Crippen molar-refractivity contribution in [1.29, 1.82) is 0 Å². The third-order valence-corrected chi connectivity index (χ3v) is 3.55. The van der Waals surface area contributed by atoms with Crippen LogP contribution in [0.15, 0.2) is 48.5 Å². The Balaban J connectivity index is 2.37. The zero-order chi connectivity index (χ0) is 15.2. The summed E-state index contributed by atoms with van der Waals surface area (Å²) in [6, 6.07) is 14.6. The highest BCUT2D eigenvalue weighted by Crippen LogP contribution is 2.25. The van der Waals surface area contributed by atoms with E-state index in [1.807, 2.05) is 36.4 Å². The molecule has 0 aliphatic carbocycles. The van der Waals surface area contributed by atoms with Crippen molar-refractivity contribution in [2.75, 3.05) is 12.4 Å². The molecule has 1 atom stereocenters. The Hall–Kier alpha value is -2.00. The third-order valence-electron chi connectivity index (χ3n) is 3.32. The van der Waals surface area contributed by atoms with Gasteiger partial charge in [-0.25, -0.2) is 4.79 Å². The van der Waals surface area contributed by atoms with Crippen LogP contribution in [0.4, 0.5) is 5.69 Å². The predicted molar refractivity (Wildman–Crippen MR) is 85.7 cm³/mol. The van der Waals surface area contributed by atoms with E-state index in [0.717, 1.165) is 23.2 Å². The van der Waals surface area contributed by atoms with Crippen LogP contribution in [0, 0.1) is 0 Å². The summed E-state index contributed by atoms with van der Waals surface area (Å²) < 4.78 is 4.93. The van der Waals surface area contributed by atoms with Crippen LogP contribution < -0.4 is 5.32 Å². The van der Waals surface area contributed by atoms with E-state index in [1.54, 1.807) is 12.1 Å². The number of anilines is 1. The van der Waals surface area contributed by atoms with E-state index in [-0.39, 0.29) is 5.97 Å². The molecule has 0 aliphatic rings. The Morgan fingerprint density at radius 2 is 2.00 bits per heavy atom. The second-order valence-electron chi connectivity index (χ2n) is 4.66. The molecule has 0 aromatic heterocycles. The third kappa shape index (κ3) is 3.76. The molecule has 110 valence electrons. The molecule has 0 saturated heterocycles. The maximum atomic E-state index is 12.2. The van der Waals surface area contributed by atoms with Gasteiger partial charge >= 0.3 is 5.97 Å². The number of nitrogens with one attached hydrogen (secondary N) is 1. The largest absolute Gasteiger partial charge is 0.467 e. The lowest BCUT2D eigenvalue weighted by Crippen LogP contribution is -2.23. The van der Waals surface area contributed by atoms with Crippen LogP contribution in [0.3, 0.4) is 0 Å². The van der Waals surface area contributed by atoms with Gasteiger partial charge in [-0.05, 0) is 35.7 Å². The van der Waals surface area contributed by atoms with E-state index in [2.05, 4.69) is 12.2 Å². The van der Waals surface area contributed by atoms with Crippen molar-refractivity contribution in [3.05, 3.63) is 64.7 Å². The van der Waals surface area contributed by atoms with E-state index < -0.39 is 6.04 Å². The summed E-state index contributed by atoms with van der Waals surface area (Å²) in [7, 11) is 1.39. The quantitative estimate of drug-likeness (QED) is 0.840. The summed E-state index contributed by atoms with van der Waals surface area (Å²) in [4.78, 5) is 12.2. The van der Waals surface area contributed by atoms with Crippen LogP contribution in [0.5, 0.6) is 0 Å². The van der Waals surface area contributed by atoms with Crippen molar-refractivity contribution >= 4 is 23.3 Å². The van der Waals surface area contributed by atoms with Gasteiger partial charge in [0, 0.05) is 10.7 Å². The van der Waals surface area contributed by atoms with Gasteiger partial charge in [-0.3, -0.25) is 0 Å². The molecule has 3 nitrogen and oxygen atoms in total. The standard InChI is InChI=1S/C17H18ClNO2/c1-3-12-7-4-5-10-15(12)16(17(20)21-2)19-14-9-6-8-13(18)11-14/h4-11,16,19H,3H2,1-2H3. The summed E-state index contributed by atoms with van der Waals surface area (Å²) in [5.74, 6) is -0.323. The van der Waals surface area contributed by atoms with Crippen molar-refractivity contribution in [2.24, 2.45) is 0 Å². The van der Waals surface area contributed by atoms with Crippen LogP contribution >= 0.6 is 11.6 Å². The monoisotopic (exact) mass is 303 g/mol. The Bertz CT molecular complexity index is 628. The first-order chi connectivity index (χ1) is 10.2. The zero-order valence-electron chi connectivity index (χ0n) is 12.1. The molecule has 0 saturated carbocycles. The minimum absolute atomic E-state index is 0.323. The van der Waals surface area contributed by atoms with E-state index in [1.165, 1.54) is 7.11 Å². The molecule has 0 heterocycles. The fourth-order valence-electron chi connectivity index (χ4n) is 2.26. The summed E-state index contributed by atoms with van der Waals surface area (Å²) in [6.45, 7) is 2.06. The number of benzene rings is 2. The van der Waals surface area contributed by atoms with E-state index in [4.69, 9.17) is 16.3 Å². The lowest BCUT2D eigenvalue weighted by Gasteiger charge is -2.20. The van der Waals surface area contributed by atoms with Crippen LogP contribution in [0.25, 0.3) is 0 Å². The van der Waals surface area contributed by atoms with Crippen LogP contribution in [0.1, 0.15) is 24.1 Å². The van der Waals surface area contributed by atoms with Crippen molar-refractivity contribution in [3.63, 3.8) is 0 Å². The molecule has 2 aromatic carbocycles. The minimum atomic E-state index is -0.551. The Morgan fingerprint density at radius 3 is 2.67 bits per heavy atom. The van der Waals surface area contributed by atoms with Crippen LogP contribution in [-0.4, -0.2) is 13.1 Å². The maximum absolute atomic E-state index is 12.2. The van der Waals surface area contributed by atoms with Gasteiger partial charge in [0.1, 0.15) is 0 Å². The van der Waals surface area contributed by atoms with Gasteiger partial charge in [0.15, 0.2) is 6.04 Å². The minimum Gasteiger partial charge on any atom is -0.467 e. The lowest BCUT2D eigenvalue weighted by atomic mass is 9.98. The van der Waals surface area contributed by atoms with Gasteiger partial charge in [0.2, 0.25) is 0 Å². The van der Waals surface area contributed by atoms with Crippen molar-refractivity contribution in [1.82, 2.24) is 0 Å². The molecular weight excluding hydrogens is 286 g/mol. The Kier molecular flexibility index (Phi) is 5.23. The molecule has 0 bridgehead atoms. The normalized spacial score (nSPS) is 11.8. The SMILES string of the molecule is CCc1ccccc1C(Nc1cccc(Cl)c1)C(=O)OC. The topological polar surface area (TPSA) is 38.3 Å². The summed E-state index contributed by atoms with van der Waals surface area (Å²) in [6.07, 6.45) is 0.848. The average molecular weight is 304 g/mol. The van der Waals surface area contributed by atoms with E-state index in [0.29, 0.717) is 5.02 Å². The molecule has 2 aromatic rings. The number of rotatable bonds is 5. The molecule has 0 spiro atoms. The molecule has 21 heavy (non-hydrogen) atoms. The van der Waals surface area contributed by atoms with Crippen LogP contribution in [0.2, 0.25) is 5.02 Å². The predicted octanol–water partition coefficient (Wildman–Crippen LogP) is 4.23. The molecule has 0 radical (unpaired) electrons. The number of halogens is 1. The second-order valence-corrected chi connectivity index (χ2v) is 5.10. The highest BCUT2D eigenvalue weighted by Gasteiger charge is 2.23. The van der Waals surface area contributed by atoms with Gasteiger partial charge in [-0.1, -0.05) is 48.9 Å². The number of carbonyl (C=O) groups excluding carboxylic acids is 1. The molecule has 2 rings (SSSR count). The maximum Gasteiger partial charge on any atom is 0.332 e. The Morgan fingerprint density at radius 1 is 1.24 bits per heavy atom. The van der Waals surface area contributed by atoms with Crippen LogP contribution in [-0.2, 0) is 16.0 Å². The number of methoxy groups -OCH3 is 1. The molecular formula is C17H18ClNO2. The molecule has 0 amide bonds. The van der Waals surface area contributed by atoms with Gasteiger partial charge in [-0.2, -0.15) is 0 Å². The van der Waals surface area contributed by atoms with Gasteiger partial charge < -0.3 is 10.1 Å². The summed E-state index contributed by atoms with van der Waals surface area (Å²) in [5, 5.41) is 3.82. The van der Waals surface area contributed by atoms with Crippen molar-refractivity contribution in [2.45, 2.75) is 19.4 Å². The molecule has 4 heteroatoms. The fourth-order valence-corrected chi connectivity index (χ4v) is 2.45. The molecule has 0 fully saturated rings. The van der Waals surface area contributed by atoms with Gasteiger partial charge in [0.05, 0.1) is 7.11 Å². The lowest BCUT2D eigenvalue weighted by molar-refractivity contribution is -0.141. The average Bonchev–Trinajstić information content (AvgIpc) is 2.52. The zero-order valence-corrected chi connectivity index (χ0v) is 12.9. The van der Waals surface area contributed by atoms with Gasteiger partial charge in [-0.15, -0.1) is 0 Å². The molecule has 1 unspecified atom stereocenters. The van der Waals surface area contributed by atoms with E-state index in [9.17, 15) is 4.79 Å². The summed E-state index contributed by atoms with van der Waals surface area (Å²) >= 11 is 5.99. The molecule has 1 N–H and O–H groups in total. The molecule has 0 aliphatic heterocycles. The smallest absolute Gasteiger partial charge is 0.332 e. The Labute approximate surface area is 129 Å². The summed E-state index contributed by atoms with van der Waals surface area (Å²) in [5.41, 5.74) is 2.82. The fraction of sp³-hybridized carbons (Fsp3) is 0.235.